The maximum absolute atomic E-state index is 12.0. The molecule has 0 radical (unpaired) electrons. The van der Waals surface area contributed by atoms with E-state index < -0.39 is 0 Å². The normalized spacial score (nSPS) is 9.85. The van der Waals surface area contributed by atoms with Crippen molar-refractivity contribution in [3.05, 3.63) is 64.7 Å². The molecule has 2 nitrogen and oxygen atoms in total. The summed E-state index contributed by atoms with van der Waals surface area (Å²) in [5, 5.41) is 2.86. The number of anilines is 1. The first-order valence-corrected chi connectivity index (χ1v) is 6.51. The lowest BCUT2D eigenvalue weighted by atomic mass is 10.0. The van der Waals surface area contributed by atoms with E-state index in [4.69, 9.17) is 6.42 Å². The number of carbonyl (C=O) groups excluding carboxylic acids is 1. The Kier molecular flexibility index (Phi) is 4.22. The van der Waals surface area contributed by atoms with E-state index in [1.165, 1.54) is 11.1 Å². The first-order valence-electron chi connectivity index (χ1n) is 6.51. The Morgan fingerprint density at radius 1 is 1.15 bits per heavy atom. The molecule has 1 N–H and O–H groups in total. The van der Waals surface area contributed by atoms with E-state index in [9.17, 15) is 4.79 Å². The molecular weight excluding hydrogens is 246 g/mol. The maximum Gasteiger partial charge on any atom is 0.228 e. The summed E-state index contributed by atoms with van der Waals surface area (Å²) in [7, 11) is 0. The second kappa shape index (κ2) is 6.08. The fourth-order valence-corrected chi connectivity index (χ4v) is 1.99. The summed E-state index contributed by atoms with van der Waals surface area (Å²) >= 11 is 0. The summed E-state index contributed by atoms with van der Waals surface area (Å²) < 4.78 is 0. The predicted octanol–water partition coefficient (Wildman–Crippen LogP) is 3.47. The molecule has 0 heterocycles. The molecule has 0 atom stereocenters. The van der Waals surface area contributed by atoms with Crippen molar-refractivity contribution >= 4 is 11.6 Å². The van der Waals surface area contributed by atoms with Gasteiger partial charge in [-0.1, -0.05) is 30.2 Å². The number of carbonyl (C=O) groups is 1. The summed E-state index contributed by atoms with van der Waals surface area (Å²) in [4.78, 5) is 12.0. The fraction of sp³-hybridized carbons (Fsp3) is 0.167. The largest absolute Gasteiger partial charge is 0.326 e. The highest BCUT2D eigenvalue weighted by atomic mass is 16.1. The number of hydrogen-bond acceptors (Lipinski definition) is 1. The number of amides is 1. The van der Waals surface area contributed by atoms with Gasteiger partial charge >= 0.3 is 0 Å². The molecule has 2 aromatic rings. The summed E-state index contributed by atoms with van der Waals surface area (Å²) in [5.41, 5.74) is 4.93. The Morgan fingerprint density at radius 3 is 2.65 bits per heavy atom. The predicted molar refractivity (Wildman–Crippen MR) is 82.6 cm³/mol. The van der Waals surface area contributed by atoms with Crippen LogP contribution in [0.25, 0.3) is 0 Å². The van der Waals surface area contributed by atoms with Gasteiger partial charge in [-0.3, -0.25) is 4.79 Å². The Morgan fingerprint density at radius 2 is 1.95 bits per heavy atom. The number of benzene rings is 2. The van der Waals surface area contributed by atoms with Gasteiger partial charge < -0.3 is 5.32 Å². The van der Waals surface area contributed by atoms with Crippen LogP contribution in [-0.2, 0) is 11.2 Å². The SMILES string of the molecule is C#Cc1cccc(NC(=O)Cc2ccc(C)c(C)c2)c1. The number of rotatable bonds is 3. The molecule has 100 valence electrons. The molecule has 0 aromatic heterocycles. The van der Waals surface area contributed by atoms with Crippen LogP contribution < -0.4 is 5.32 Å². The molecule has 2 aromatic carbocycles. The van der Waals surface area contributed by atoms with Crippen molar-refractivity contribution in [1.82, 2.24) is 0 Å². The molecule has 2 rings (SSSR count). The summed E-state index contributed by atoms with van der Waals surface area (Å²) in [6, 6.07) is 13.4. The third-order valence-electron chi connectivity index (χ3n) is 3.25. The summed E-state index contributed by atoms with van der Waals surface area (Å²) in [6.45, 7) is 4.11. The van der Waals surface area contributed by atoms with Crippen LogP contribution in [0.2, 0.25) is 0 Å². The molecule has 20 heavy (non-hydrogen) atoms. The van der Waals surface area contributed by atoms with Crippen molar-refractivity contribution in [3.8, 4) is 12.3 Å². The molecule has 0 fully saturated rings. The highest BCUT2D eigenvalue weighted by Crippen LogP contribution is 2.13. The van der Waals surface area contributed by atoms with Gasteiger partial charge in [0.15, 0.2) is 0 Å². The van der Waals surface area contributed by atoms with Gasteiger partial charge in [0.1, 0.15) is 0 Å². The second-order valence-corrected chi connectivity index (χ2v) is 4.87. The van der Waals surface area contributed by atoms with Crippen molar-refractivity contribution in [2.45, 2.75) is 20.3 Å². The van der Waals surface area contributed by atoms with Crippen molar-refractivity contribution in [3.63, 3.8) is 0 Å². The zero-order chi connectivity index (χ0) is 14.5. The molecule has 1 amide bonds. The molecule has 0 bridgehead atoms. The quantitative estimate of drug-likeness (QED) is 0.844. The van der Waals surface area contributed by atoms with Crippen molar-refractivity contribution in [1.29, 1.82) is 0 Å². The summed E-state index contributed by atoms with van der Waals surface area (Å²) in [6.07, 6.45) is 5.70. The van der Waals surface area contributed by atoms with Crippen LogP contribution in [0.3, 0.4) is 0 Å². The zero-order valence-electron chi connectivity index (χ0n) is 11.7. The van der Waals surface area contributed by atoms with Crippen molar-refractivity contribution in [2.75, 3.05) is 5.32 Å². The van der Waals surface area contributed by atoms with E-state index in [-0.39, 0.29) is 5.91 Å². The van der Waals surface area contributed by atoms with Crippen LogP contribution in [0.15, 0.2) is 42.5 Å². The van der Waals surface area contributed by atoms with Gasteiger partial charge in [-0.05, 0) is 48.7 Å². The van der Waals surface area contributed by atoms with Gasteiger partial charge in [0, 0.05) is 11.3 Å². The van der Waals surface area contributed by atoms with E-state index in [0.717, 1.165) is 16.8 Å². The summed E-state index contributed by atoms with van der Waals surface area (Å²) in [5.74, 6) is 2.51. The van der Waals surface area contributed by atoms with Crippen LogP contribution in [-0.4, -0.2) is 5.91 Å². The minimum absolute atomic E-state index is 0.0394. The number of hydrogen-bond donors (Lipinski definition) is 1. The lowest BCUT2D eigenvalue weighted by Crippen LogP contribution is -2.14. The smallest absolute Gasteiger partial charge is 0.228 e. The van der Waals surface area contributed by atoms with Crippen LogP contribution in [0, 0.1) is 26.2 Å². The fourth-order valence-electron chi connectivity index (χ4n) is 1.99. The van der Waals surface area contributed by atoms with Crippen LogP contribution in [0.1, 0.15) is 22.3 Å². The standard InChI is InChI=1S/C18H17NO/c1-4-15-6-5-7-17(11-15)19-18(20)12-16-9-8-13(2)14(3)10-16/h1,5-11H,12H2,2-3H3,(H,19,20). The lowest BCUT2D eigenvalue weighted by Gasteiger charge is -2.07. The van der Waals surface area contributed by atoms with Gasteiger partial charge in [0.05, 0.1) is 6.42 Å². The molecular formula is C18H17NO. The van der Waals surface area contributed by atoms with Gasteiger partial charge in [-0.25, -0.2) is 0 Å². The molecule has 0 aliphatic carbocycles. The van der Waals surface area contributed by atoms with E-state index in [2.05, 4.69) is 18.2 Å². The zero-order valence-corrected chi connectivity index (χ0v) is 11.7. The average molecular weight is 263 g/mol. The van der Waals surface area contributed by atoms with Crippen LogP contribution in [0.4, 0.5) is 5.69 Å². The number of terminal acetylenes is 1. The van der Waals surface area contributed by atoms with Crippen LogP contribution in [0.5, 0.6) is 0 Å². The van der Waals surface area contributed by atoms with Gasteiger partial charge in [-0.15, -0.1) is 6.42 Å². The Labute approximate surface area is 119 Å². The highest BCUT2D eigenvalue weighted by Gasteiger charge is 2.05. The number of aryl methyl sites for hydroxylation is 2. The Bertz CT molecular complexity index is 680. The highest BCUT2D eigenvalue weighted by molar-refractivity contribution is 5.92. The first-order chi connectivity index (χ1) is 9.58. The van der Waals surface area contributed by atoms with Gasteiger partial charge in [0.25, 0.3) is 0 Å². The van der Waals surface area contributed by atoms with Crippen molar-refractivity contribution < 1.29 is 4.79 Å². The van der Waals surface area contributed by atoms with Gasteiger partial charge in [-0.2, -0.15) is 0 Å². The molecule has 0 aliphatic heterocycles. The minimum atomic E-state index is -0.0394. The van der Waals surface area contributed by atoms with E-state index >= 15 is 0 Å². The molecule has 2 heteroatoms. The Balaban J connectivity index is 2.05. The average Bonchev–Trinajstić information content (AvgIpc) is 2.43. The van der Waals surface area contributed by atoms with Crippen molar-refractivity contribution in [2.24, 2.45) is 0 Å². The first kappa shape index (κ1) is 13.9. The topological polar surface area (TPSA) is 29.1 Å². The third kappa shape index (κ3) is 3.49. The van der Waals surface area contributed by atoms with E-state index in [0.29, 0.717) is 6.42 Å². The molecule has 0 spiro atoms. The maximum atomic E-state index is 12.0. The van der Waals surface area contributed by atoms with Crippen LogP contribution >= 0.6 is 0 Å². The second-order valence-electron chi connectivity index (χ2n) is 4.87. The molecule has 0 saturated carbocycles. The number of nitrogens with one attached hydrogen (secondary N) is 1. The monoisotopic (exact) mass is 263 g/mol. The molecule has 0 saturated heterocycles. The molecule has 0 unspecified atom stereocenters. The minimum Gasteiger partial charge on any atom is -0.326 e. The van der Waals surface area contributed by atoms with Gasteiger partial charge in [0.2, 0.25) is 5.91 Å². The van der Waals surface area contributed by atoms with E-state index in [1.54, 1.807) is 6.07 Å². The lowest BCUT2D eigenvalue weighted by molar-refractivity contribution is -0.115. The Hall–Kier alpha value is -2.53. The van der Waals surface area contributed by atoms with E-state index in [1.807, 2.05) is 43.3 Å². The third-order valence-corrected chi connectivity index (χ3v) is 3.25. The molecule has 0 aliphatic rings.